The number of rotatable bonds is 0. The van der Waals surface area contributed by atoms with Crippen LogP contribution in [0.2, 0.25) is 0 Å². The third-order valence-electron chi connectivity index (χ3n) is 3.77. The summed E-state index contributed by atoms with van der Waals surface area (Å²) in [6.07, 6.45) is 6.92. The molecule has 0 fully saturated rings. The van der Waals surface area contributed by atoms with Crippen molar-refractivity contribution < 1.29 is 0 Å². The maximum atomic E-state index is 11.0. The molecule has 0 atom stereocenters. The summed E-state index contributed by atoms with van der Waals surface area (Å²) in [4.78, 5) is 70.7. The van der Waals surface area contributed by atoms with Crippen molar-refractivity contribution in [2.45, 2.75) is 0 Å². The number of nitrogens with zero attached hydrogens (tertiary/aromatic N) is 6. The third-order valence-corrected chi connectivity index (χ3v) is 3.77. The van der Waals surface area contributed by atoms with Crippen molar-refractivity contribution in [3.8, 4) is 0 Å². The normalized spacial score (nSPS) is 10.5. The number of hydrogen-bond donors (Lipinski definition) is 7. The van der Waals surface area contributed by atoms with Gasteiger partial charge in [-0.1, -0.05) is 0 Å². The number of nitrogens with one attached hydrogen (secondary N) is 6. The van der Waals surface area contributed by atoms with Gasteiger partial charge in [-0.3, -0.25) is 19.4 Å². The van der Waals surface area contributed by atoms with Crippen molar-refractivity contribution in [2.75, 3.05) is 5.73 Å². The van der Waals surface area contributed by atoms with Crippen LogP contribution in [0.25, 0.3) is 33.5 Å². The number of fused-ring (bicyclic) bond motifs is 3. The predicted molar refractivity (Wildman–Crippen MR) is 108 cm³/mol. The Bertz CT molecular complexity index is 1550. The Balaban J connectivity index is 0.000000112. The van der Waals surface area contributed by atoms with Crippen LogP contribution in [0.1, 0.15) is 0 Å². The van der Waals surface area contributed by atoms with E-state index in [0.717, 1.165) is 0 Å². The fourth-order valence-corrected chi connectivity index (χ4v) is 2.41. The smallest absolute Gasteiger partial charge is 0.278 e. The van der Waals surface area contributed by atoms with Crippen LogP contribution in [0.5, 0.6) is 0 Å². The SMILES string of the molecule is Nc1nc2nc[nH]c2c(=O)[nH]1.O=c1[nH]cnc2nc[nH]c12.O=c1[nH]cnc2nc[nH]c12. The Kier molecular flexibility index (Phi) is 4.99. The first-order valence-corrected chi connectivity index (χ1v) is 8.45. The summed E-state index contributed by atoms with van der Waals surface area (Å²) in [5.41, 5.74) is 7.00. The molecule has 31 heavy (non-hydrogen) atoms. The van der Waals surface area contributed by atoms with Crippen molar-refractivity contribution in [1.82, 2.24) is 59.8 Å². The van der Waals surface area contributed by atoms with Gasteiger partial charge >= 0.3 is 0 Å². The summed E-state index contributed by atoms with van der Waals surface area (Å²) in [7, 11) is 0. The molecule has 0 radical (unpaired) electrons. The third kappa shape index (κ3) is 4.01. The van der Waals surface area contributed by atoms with Gasteiger partial charge in [0.15, 0.2) is 33.5 Å². The molecule has 0 aromatic carbocycles. The number of nitrogen functional groups attached to an aromatic ring is 1. The van der Waals surface area contributed by atoms with E-state index < -0.39 is 0 Å². The van der Waals surface area contributed by atoms with Crippen molar-refractivity contribution in [3.63, 3.8) is 0 Å². The Morgan fingerprint density at radius 3 is 1.39 bits per heavy atom. The lowest BCUT2D eigenvalue weighted by molar-refractivity contribution is 1.15. The van der Waals surface area contributed by atoms with Gasteiger partial charge in [0.1, 0.15) is 0 Å². The highest BCUT2D eigenvalue weighted by atomic mass is 16.1. The lowest BCUT2D eigenvalue weighted by Gasteiger charge is -1.89. The second-order valence-corrected chi connectivity index (χ2v) is 5.72. The van der Waals surface area contributed by atoms with Gasteiger partial charge in [0.25, 0.3) is 16.7 Å². The Hall–Kier alpha value is -5.15. The highest BCUT2D eigenvalue weighted by Gasteiger charge is 2.02. The molecule has 0 amide bonds. The van der Waals surface area contributed by atoms with Crippen molar-refractivity contribution in [1.29, 1.82) is 0 Å². The largest absolute Gasteiger partial charge is 0.369 e. The van der Waals surface area contributed by atoms with Crippen LogP contribution in [0.3, 0.4) is 0 Å². The van der Waals surface area contributed by atoms with Crippen molar-refractivity contribution >= 4 is 39.4 Å². The Labute approximate surface area is 168 Å². The van der Waals surface area contributed by atoms with Gasteiger partial charge in [0, 0.05) is 0 Å². The van der Waals surface area contributed by atoms with Gasteiger partial charge in [-0.25, -0.2) is 24.9 Å². The van der Waals surface area contributed by atoms with E-state index in [2.05, 4.69) is 59.8 Å². The molecular formula is C15H13N13O3. The van der Waals surface area contributed by atoms with Gasteiger partial charge in [-0.05, 0) is 0 Å². The van der Waals surface area contributed by atoms with Crippen molar-refractivity contribution in [3.05, 3.63) is 62.7 Å². The summed E-state index contributed by atoms with van der Waals surface area (Å²) in [6, 6.07) is 0. The van der Waals surface area contributed by atoms with E-state index in [9.17, 15) is 14.4 Å². The molecule has 8 N–H and O–H groups in total. The van der Waals surface area contributed by atoms with Crippen LogP contribution < -0.4 is 22.4 Å². The molecule has 6 rings (SSSR count). The van der Waals surface area contributed by atoms with Gasteiger partial charge in [-0.2, -0.15) is 4.98 Å². The molecule has 0 unspecified atom stereocenters. The van der Waals surface area contributed by atoms with E-state index in [1.165, 1.54) is 31.6 Å². The van der Waals surface area contributed by atoms with Crippen LogP contribution in [-0.4, -0.2) is 59.8 Å². The predicted octanol–water partition coefficient (Wildman–Crippen LogP) is -1.48. The van der Waals surface area contributed by atoms with E-state index >= 15 is 0 Å². The van der Waals surface area contributed by atoms with Crippen LogP contribution in [0, 0.1) is 0 Å². The minimum absolute atomic E-state index is 0.0783. The molecule has 6 heterocycles. The molecule has 0 spiro atoms. The first kappa shape index (κ1) is 19.2. The second-order valence-electron chi connectivity index (χ2n) is 5.72. The lowest BCUT2D eigenvalue weighted by Crippen LogP contribution is -2.10. The van der Waals surface area contributed by atoms with E-state index in [1.807, 2.05) is 0 Å². The number of imidazole rings is 3. The van der Waals surface area contributed by atoms with Gasteiger partial charge in [-0.15, -0.1) is 0 Å². The van der Waals surface area contributed by atoms with Gasteiger partial charge in [0.2, 0.25) is 5.95 Å². The molecule has 0 saturated carbocycles. The van der Waals surface area contributed by atoms with Gasteiger partial charge < -0.3 is 30.7 Å². The van der Waals surface area contributed by atoms with Crippen LogP contribution >= 0.6 is 0 Å². The number of nitrogens with two attached hydrogens (primary N) is 1. The molecule has 0 aliphatic carbocycles. The molecule has 0 aliphatic heterocycles. The highest BCUT2D eigenvalue weighted by molar-refractivity contribution is 5.69. The standard InChI is InChI=1S/C5H5N5O.2C5H4N4O/c6-5-9-3-2(4(11)10-5)7-1-8-3;2*10-5-3-4(7-1-6-3)8-2-9-5/h1H,(H4,6,7,8,9,10,11);2*1-2H,(H2,6,7,8,9,10). The number of aromatic amines is 6. The highest BCUT2D eigenvalue weighted by Crippen LogP contribution is 1.98. The fraction of sp³-hybridized carbons (Fsp3) is 0. The second kappa shape index (κ2) is 8.07. The molecular weight excluding hydrogens is 410 g/mol. The van der Waals surface area contributed by atoms with Crippen LogP contribution in [-0.2, 0) is 0 Å². The zero-order valence-corrected chi connectivity index (χ0v) is 15.4. The summed E-state index contributed by atoms with van der Waals surface area (Å²) < 4.78 is 0. The maximum Gasteiger partial charge on any atom is 0.278 e. The molecule has 0 saturated heterocycles. The van der Waals surface area contributed by atoms with Crippen LogP contribution in [0.15, 0.2) is 46.0 Å². The zero-order chi connectivity index (χ0) is 21.8. The van der Waals surface area contributed by atoms with Crippen LogP contribution in [0.4, 0.5) is 5.95 Å². The summed E-state index contributed by atoms with van der Waals surface area (Å²) in [5, 5.41) is 0. The molecule has 6 aromatic rings. The molecule has 16 nitrogen and oxygen atoms in total. The zero-order valence-electron chi connectivity index (χ0n) is 15.4. The lowest BCUT2D eigenvalue weighted by atomic mass is 10.5. The van der Waals surface area contributed by atoms with E-state index in [-0.39, 0.29) is 22.6 Å². The molecule has 0 aliphatic rings. The first-order chi connectivity index (χ1) is 15.0. The van der Waals surface area contributed by atoms with Crippen molar-refractivity contribution in [2.24, 2.45) is 0 Å². The number of anilines is 1. The van der Waals surface area contributed by atoms with Gasteiger partial charge in [0.05, 0.1) is 31.6 Å². The minimum Gasteiger partial charge on any atom is -0.369 e. The topological polar surface area (TPSA) is 249 Å². The summed E-state index contributed by atoms with van der Waals surface area (Å²) in [5.74, 6) is 0.0783. The van der Waals surface area contributed by atoms with E-state index in [4.69, 9.17) is 5.73 Å². The Morgan fingerprint density at radius 1 is 0.548 bits per heavy atom. The average molecular weight is 423 g/mol. The minimum atomic E-state index is -0.301. The molecule has 6 aromatic heterocycles. The van der Waals surface area contributed by atoms with E-state index in [0.29, 0.717) is 33.5 Å². The molecule has 0 bridgehead atoms. The maximum absolute atomic E-state index is 11.0. The monoisotopic (exact) mass is 423 g/mol. The Morgan fingerprint density at radius 2 is 0.935 bits per heavy atom. The van der Waals surface area contributed by atoms with E-state index in [1.54, 1.807) is 0 Å². The molecule has 156 valence electrons. The first-order valence-electron chi connectivity index (χ1n) is 8.45. The quantitative estimate of drug-likeness (QED) is 0.149. The average Bonchev–Trinajstić information content (AvgIpc) is 3.50. The fourth-order valence-electron chi connectivity index (χ4n) is 2.41. The summed E-state index contributed by atoms with van der Waals surface area (Å²) in [6.45, 7) is 0. The number of aromatic nitrogens is 12. The number of hydrogen-bond acceptors (Lipinski definition) is 10. The number of H-pyrrole nitrogens is 6. The summed E-state index contributed by atoms with van der Waals surface area (Å²) >= 11 is 0. The molecule has 16 heteroatoms.